The molecule has 1 unspecified atom stereocenters. The molecule has 3 heteroatoms. The van der Waals surface area contributed by atoms with Crippen LogP contribution in [0.3, 0.4) is 0 Å². The number of likely N-dealkylation sites (N-methyl/N-ethyl adjacent to an activating group) is 1. The van der Waals surface area contributed by atoms with Gasteiger partial charge in [0, 0.05) is 18.8 Å². The van der Waals surface area contributed by atoms with Crippen LogP contribution in [-0.2, 0) is 6.42 Å². The topological polar surface area (TPSA) is 3.24 Å². The van der Waals surface area contributed by atoms with Crippen molar-refractivity contribution in [2.24, 2.45) is 0 Å². The molecule has 0 radical (unpaired) electrons. The van der Waals surface area contributed by atoms with E-state index in [1.54, 1.807) is 0 Å². The van der Waals surface area contributed by atoms with E-state index < -0.39 is 0 Å². The van der Waals surface area contributed by atoms with Gasteiger partial charge in [0.1, 0.15) is 0 Å². The van der Waals surface area contributed by atoms with Gasteiger partial charge in [0.05, 0.1) is 5.50 Å². The Morgan fingerprint density at radius 1 is 1.29 bits per heavy atom. The van der Waals surface area contributed by atoms with Gasteiger partial charge < -0.3 is 0 Å². The number of rotatable bonds is 5. The van der Waals surface area contributed by atoms with E-state index in [1.807, 2.05) is 25.2 Å². The highest BCUT2D eigenvalue weighted by Gasteiger charge is 2.10. The van der Waals surface area contributed by atoms with Crippen LogP contribution in [0.2, 0.25) is 0 Å². The van der Waals surface area contributed by atoms with E-state index in [9.17, 15) is 0 Å². The maximum absolute atomic E-state index is 6.21. The summed E-state index contributed by atoms with van der Waals surface area (Å²) in [6.45, 7) is 0.822. The lowest BCUT2D eigenvalue weighted by Crippen LogP contribution is -2.30. The fraction of sp³-hybridized carbons (Fsp3) is 0.455. The predicted octanol–water partition coefficient (Wildman–Crippen LogP) is 2.96. The van der Waals surface area contributed by atoms with E-state index in [4.69, 9.17) is 23.2 Å². The Morgan fingerprint density at radius 3 is 2.50 bits per heavy atom. The van der Waals surface area contributed by atoms with Gasteiger partial charge in [-0.3, -0.25) is 4.90 Å². The summed E-state index contributed by atoms with van der Waals surface area (Å²) < 4.78 is 0. The van der Waals surface area contributed by atoms with Gasteiger partial charge in [-0.05, 0) is 12.6 Å². The Bertz CT molecular complexity index is 251. The molecule has 14 heavy (non-hydrogen) atoms. The van der Waals surface area contributed by atoms with Crippen molar-refractivity contribution in [1.82, 2.24) is 4.90 Å². The average molecular weight is 232 g/mol. The zero-order chi connectivity index (χ0) is 10.4. The molecule has 1 aromatic carbocycles. The molecule has 1 atom stereocenters. The second-order valence-electron chi connectivity index (χ2n) is 3.29. The molecule has 0 fully saturated rings. The first-order valence-corrected chi connectivity index (χ1v) is 5.65. The summed E-state index contributed by atoms with van der Waals surface area (Å²) in [5.74, 6) is 0.620. The van der Waals surface area contributed by atoms with Crippen molar-refractivity contribution in [3.8, 4) is 0 Å². The van der Waals surface area contributed by atoms with Crippen molar-refractivity contribution in [1.29, 1.82) is 0 Å². The normalized spacial score (nSPS) is 13.1. The highest BCUT2D eigenvalue weighted by molar-refractivity contribution is 6.20. The van der Waals surface area contributed by atoms with Crippen LogP contribution in [-0.4, -0.2) is 29.9 Å². The molecule has 0 spiro atoms. The van der Waals surface area contributed by atoms with Crippen molar-refractivity contribution < 1.29 is 0 Å². The van der Waals surface area contributed by atoms with Gasteiger partial charge in [0.2, 0.25) is 0 Å². The highest BCUT2D eigenvalue weighted by atomic mass is 35.5. The molecule has 0 amide bonds. The maximum atomic E-state index is 6.21. The first-order valence-electron chi connectivity index (χ1n) is 4.68. The number of nitrogens with zero attached hydrogens (tertiary/aromatic N) is 1. The number of hydrogen-bond acceptors (Lipinski definition) is 1. The fourth-order valence-electron chi connectivity index (χ4n) is 1.24. The van der Waals surface area contributed by atoms with Crippen LogP contribution >= 0.6 is 23.2 Å². The second kappa shape index (κ2) is 6.28. The minimum Gasteiger partial charge on any atom is -0.289 e. The monoisotopic (exact) mass is 231 g/mol. The molecule has 0 aromatic heterocycles. The summed E-state index contributed by atoms with van der Waals surface area (Å²) in [4.78, 5) is 2.06. The third-order valence-corrected chi connectivity index (χ3v) is 2.82. The maximum Gasteiger partial charge on any atom is 0.0889 e. The minimum absolute atomic E-state index is 0.0242. The number of benzene rings is 1. The number of halogens is 2. The first kappa shape index (κ1) is 11.8. The molecule has 0 heterocycles. The van der Waals surface area contributed by atoms with Crippen LogP contribution < -0.4 is 0 Å². The molecular weight excluding hydrogens is 217 g/mol. The zero-order valence-corrected chi connectivity index (χ0v) is 9.80. The summed E-state index contributed by atoms with van der Waals surface area (Å²) in [6, 6.07) is 10.2. The minimum atomic E-state index is 0.0242. The van der Waals surface area contributed by atoms with Gasteiger partial charge in [0.25, 0.3) is 0 Å². The summed E-state index contributed by atoms with van der Waals surface area (Å²) >= 11 is 11.9. The van der Waals surface area contributed by atoms with Crippen molar-refractivity contribution in [3.63, 3.8) is 0 Å². The van der Waals surface area contributed by atoms with Gasteiger partial charge in [-0.15, -0.1) is 23.2 Å². The molecular formula is C11H15Cl2N. The van der Waals surface area contributed by atoms with Crippen LogP contribution in [0.15, 0.2) is 30.3 Å². The summed E-state index contributed by atoms with van der Waals surface area (Å²) in [7, 11) is 1.99. The zero-order valence-electron chi connectivity index (χ0n) is 8.29. The highest BCUT2D eigenvalue weighted by Crippen LogP contribution is 2.10. The Morgan fingerprint density at radius 2 is 1.93 bits per heavy atom. The van der Waals surface area contributed by atoms with Crippen LogP contribution in [0.25, 0.3) is 0 Å². The molecule has 0 aliphatic carbocycles. The van der Waals surface area contributed by atoms with Crippen LogP contribution in [0.5, 0.6) is 0 Å². The SMILES string of the molecule is CN(CCCl)C(Cl)Cc1ccccc1. The second-order valence-corrected chi connectivity index (χ2v) is 4.18. The molecule has 0 aliphatic rings. The molecule has 0 N–H and O–H groups in total. The Balaban J connectivity index is 2.44. The predicted molar refractivity (Wildman–Crippen MR) is 63.1 cm³/mol. The van der Waals surface area contributed by atoms with Gasteiger partial charge in [0.15, 0.2) is 0 Å². The van der Waals surface area contributed by atoms with Crippen molar-refractivity contribution in [3.05, 3.63) is 35.9 Å². The van der Waals surface area contributed by atoms with Crippen LogP contribution in [0, 0.1) is 0 Å². The summed E-state index contributed by atoms with van der Waals surface area (Å²) in [5.41, 5.74) is 1.28. The smallest absolute Gasteiger partial charge is 0.0889 e. The number of hydrogen-bond donors (Lipinski definition) is 0. The molecule has 1 aromatic rings. The van der Waals surface area contributed by atoms with Crippen LogP contribution in [0.1, 0.15) is 5.56 Å². The summed E-state index contributed by atoms with van der Waals surface area (Å²) in [5, 5.41) is 0. The van der Waals surface area contributed by atoms with E-state index in [0.29, 0.717) is 5.88 Å². The lowest BCUT2D eigenvalue weighted by atomic mass is 10.1. The quantitative estimate of drug-likeness (QED) is 0.557. The van der Waals surface area contributed by atoms with Gasteiger partial charge in [-0.1, -0.05) is 30.3 Å². The van der Waals surface area contributed by atoms with Gasteiger partial charge >= 0.3 is 0 Å². The lowest BCUT2D eigenvalue weighted by molar-refractivity contribution is 0.325. The van der Waals surface area contributed by atoms with Crippen molar-refractivity contribution in [2.45, 2.75) is 11.9 Å². The van der Waals surface area contributed by atoms with E-state index >= 15 is 0 Å². The van der Waals surface area contributed by atoms with Gasteiger partial charge in [-0.2, -0.15) is 0 Å². The Hall–Kier alpha value is -0.240. The average Bonchev–Trinajstić information content (AvgIpc) is 2.19. The molecule has 1 nitrogen and oxygen atoms in total. The van der Waals surface area contributed by atoms with Crippen LogP contribution in [0.4, 0.5) is 0 Å². The molecule has 0 saturated carbocycles. The van der Waals surface area contributed by atoms with Crippen molar-refractivity contribution in [2.75, 3.05) is 19.5 Å². The Labute approximate surface area is 95.6 Å². The third kappa shape index (κ3) is 3.87. The third-order valence-electron chi connectivity index (χ3n) is 2.16. The lowest BCUT2D eigenvalue weighted by Gasteiger charge is -2.21. The molecule has 78 valence electrons. The largest absolute Gasteiger partial charge is 0.289 e. The van der Waals surface area contributed by atoms with Gasteiger partial charge in [-0.25, -0.2) is 0 Å². The molecule has 0 saturated heterocycles. The van der Waals surface area contributed by atoms with E-state index in [0.717, 1.165) is 13.0 Å². The van der Waals surface area contributed by atoms with Crippen molar-refractivity contribution >= 4 is 23.2 Å². The Kier molecular flexibility index (Phi) is 5.31. The molecule has 0 aliphatic heterocycles. The summed E-state index contributed by atoms with van der Waals surface area (Å²) in [6.07, 6.45) is 0.857. The molecule has 1 rings (SSSR count). The molecule has 0 bridgehead atoms. The first-order chi connectivity index (χ1) is 6.74. The fourth-order valence-corrected chi connectivity index (χ4v) is 1.78. The number of alkyl halides is 2. The van der Waals surface area contributed by atoms with E-state index in [2.05, 4.69) is 17.0 Å². The van der Waals surface area contributed by atoms with E-state index in [1.165, 1.54) is 5.56 Å². The van der Waals surface area contributed by atoms with E-state index in [-0.39, 0.29) is 5.50 Å². The standard InChI is InChI=1S/C11H15Cl2N/c1-14(8-7-12)11(13)9-10-5-3-2-4-6-10/h2-6,11H,7-9H2,1H3.